The molecule has 0 aromatic heterocycles. The summed E-state index contributed by atoms with van der Waals surface area (Å²) in [6.45, 7) is 9.58. The molecule has 0 bridgehead atoms. The normalized spacial score (nSPS) is 15.7. The highest BCUT2D eigenvalue weighted by atomic mass is 19.2. The zero-order valence-corrected chi connectivity index (χ0v) is 25.1. The smallest absolute Gasteiger partial charge is 0.314 e. The maximum Gasteiger partial charge on any atom is 0.314 e. The number of anilines is 1. The molecule has 2 aromatic rings. The van der Waals surface area contributed by atoms with Crippen molar-refractivity contribution in [3.8, 4) is 22.5 Å². The van der Waals surface area contributed by atoms with E-state index in [0.29, 0.717) is 22.3 Å². The lowest BCUT2D eigenvalue weighted by Crippen LogP contribution is -2.40. The summed E-state index contributed by atoms with van der Waals surface area (Å²) < 4.78 is 62.4. The van der Waals surface area contributed by atoms with Gasteiger partial charge in [0.05, 0.1) is 31.0 Å². The minimum absolute atomic E-state index is 0.0000584. The molecule has 4 aliphatic rings. The summed E-state index contributed by atoms with van der Waals surface area (Å²) in [6.07, 6.45) is 2.06. The van der Waals surface area contributed by atoms with Crippen LogP contribution in [0.4, 0.5) is 18.9 Å². The molecule has 2 aromatic carbocycles. The molecule has 0 radical (unpaired) electrons. The van der Waals surface area contributed by atoms with Gasteiger partial charge in [0, 0.05) is 64.1 Å². The molecule has 3 aliphatic heterocycles. The number of halogens is 3. The number of nitrogens with zero attached hydrogens (tertiary/aromatic N) is 2. The summed E-state index contributed by atoms with van der Waals surface area (Å²) in [5.74, 6) is -9.29. The van der Waals surface area contributed by atoms with Crippen LogP contribution in [-0.2, 0) is 9.53 Å². The number of carbonyl (C=O) groups excluding carboxylic acids is 2. The third-order valence-corrected chi connectivity index (χ3v) is 8.62. The van der Waals surface area contributed by atoms with E-state index < -0.39 is 57.4 Å². The Balaban J connectivity index is 1.75. The van der Waals surface area contributed by atoms with Gasteiger partial charge in [-0.25, -0.2) is 17.7 Å². The number of carboxylic acids is 1. The van der Waals surface area contributed by atoms with Crippen molar-refractivity contribution in [2.45, 2.75) is 46.5 Å². The Morgan fingerprint density at radius 1 is 1.00 bits per heavy atom. The van der Waals surface area contributed by atoms with Crippen LogP contribution in [0, 0.1) is 22.9 Å². The first-order valence-electron chi connectivity index (χ1n) is 14.8. The van der Waals surface area contributed by atoms with Crippen LogP contribution in [0.2, 0.25) is 0 Å². The first-order chi connectivity index (χ1) is 20.9. The van der Waals surface area contributed by atoms with Gasteiger partial charge in [0.2, 0.25) is 5.36 Å². The monoisotopic (exact) mass is 606 g/mol. The number of benzene rings is 3. The van der Waals surface area contributed by atoms with Gasteiger partial charge in [0.25, 0.3) is 0 Å². The summed E-state index contributed by atoms with van der Waals surface area (Å²) >= 11 is 0. The van der Waals surface area contributed by atoms with Crippen molar-refractivity contribution in [2.24, 2.45) is 5.41 Å². The number of aromatic carboxylic acids is 1. The first-order valence-corrected chi connectivity index (χ1v) is 14.8. The summed E-state index contributed by atoms with van der Waals surface area (Å²) in [5.41, 5.74) is -2.55. The van der Waals surface area contributed by atoms with Crippen LogP contribution >= 0.6 is 0 Å². The maximum atomic E-state index is 17.0. The molecule has 0 amide bonds. The number of carboxylic acid groups (broad SMARTS) is 1. The van der Waals surface area contributed by atoms with Crippen LogP contribution in [0.1, 0.15) is 62.4 Å². The maximum absolute atomic E-state index is 17.0. The Morgan fingerprint density at radius 2 is 1.73 bits per heavy atom. The number of hydrogen-bond donors (Lipinski definition) is 0. The number of fused-ring (bicyclic) bond motifs is 2. The van der Waals surface area contributed by atoms with E-state index >= 15 is 13.2 Å². The molecule has 1 aliphatic carbocycles. The van der Waals surface area contributed by atoms with Gasteiger partial charge in [-0.15, -0.1) is 0 Å². The van der Waals surface area contributed by atoms with Gasteiger partial charge in [0.15, 0.2) is 11.6 Å². The Morgan fingerprint density at radius 3 is 2.30 bits per heavy atom. The molecule has 44 heavy (non-hydrogen) atoms. The highest BCUT2D eigenvalue weighted by molar-refractivity contribution is 6.08. The molecule has 7 nitrogen and oxygen atoms in total. The number of ether oxygens (including phenoxy) is 1. The Hall–Kier alpha value is -4.34. The molecule has 1 unspecified atom stereocenters. The van der Waals surface area contributed by atoms with Gasteiger partial charge < -0.3 is 24.0 Å². The highest BCUT2D eigenvalue weighted by Gasteiger charge is 2.42. The van der Waals surface area contributed by atoms with Crippen molar-refractivity contribution in [2.75, 3.05) is 37.7 Å². The fraction of sp³-hybridized carbons (Fsp3) is 0.382. The molecule has 3 heterocycles. The van der Waals surface area contributed by atoms with Crippen LogP contribution in [0.25, 0.3) is 33.4 Å². The van der Waals surface area contributed by atoms with Gasteiger partial charge in [-0.2, -0.15) is 0 Å². The minimum Gasteiger partial charge on any atom is -0.545 e. The summed E-state index contributed by atoms with van der Waals surface area (Å²) in [7, 11) is 0. The van der Waals surface area contributed by atoms with Crippen LogP contribution in [0.5, 0.6) is 0 Å². The van der Waals surface area contributed by atoms with Crippen LogP contribution < -0.4 is 19.9 Å². The SMILES string of the molecule is CCOC(=O)C(c1c(F)c(F)c(C(=O)[O-])c(-c2c3ccc(=[N+]4CCC4)cc-3oc3cc(N4CCC4)ccc23)c1F)C(C)(C)C. The van der Waals surface area contributed by atoms with Crippen molar-refractivity contribution < 1.29 is 37.0 Å². The van der Waals surface area contributed by atoms with Gasteiger partial charge in [-0.3, -0.25) is 4.79 Å². The zero-order valence-electron chi connectivity index (χ0n) is 25.1. The lowest BCUT2D eigenvalue weighted by Gasteiger charge is -2.33. The third-order valence-electron chi connectivity index (χ3n) is 8.62. The number of hydrogen-bond acceptors (Lipinski definition) is 6. The summed E-state index contributed by atoms with van der Waals surface area (Å²) in [4.78, 5) is 27.7. The first kappa shape index (κ1) is 29.7. The second-order valence-corrected chi connectivity index (χ2v) is 12.5. The predicted octanol–water partition coefficient (Wildman–Crippen LogP) is 5.06. The molecular formula is C34H33F3N2O5. The Labute approximate surface area is 252 Å². The molecule has 0 spiro atoms. The number of carbonyl (C=O) groups is 2. The molecule has 1 atom stereocenters. The summed E-state index contributed by atoms with van der Waals surface area (Å²) in [6, 6.07) is 10.5. The van der Waals surface area contributed by atoms with Gasteiger partial charge >= 0.3 is 5.97 Å². The van der Waals surface area contributed by atoms with E-state index in [1.807, 2.05) is 0 Å². The zero-order chi connectivity index (χ0) is 31.5. The molecule has 0 N–H and O–H groups in total. The second kappa shape index (κ2) is 11.0. The van der Waals surface area contributed by atoms with Crippen molar-refractivity contribution in [1.82, 2.24) is 4.58 Å². The van der Waals surface area contributed by atoms with E-state index in [9.17, 15) is 14.7 Å². The molecule has 230 valence electrons. The van der Waals surface area contributed by atoms with Crippen molar-refractivity contribution in [3.05, 3.63) is 70.3 Å². The standard InChI is InChI=1S/C34H33F3N2O5/c1-5-43-33(42)28(34(2,3)4)27-29(35)25(26(32(40)41)30(36)31(27)37)24-20-10-8-18(38-12-6-13-38)16-22(20)44-23-17-19(9-11-21(23)24)39-14-7-15-39/h8-11,16-17,28H,5-7,12-15H2,1-4H3. The number of esters is 1. The average molecular weight is 607 g/mol. The van der Waals surface area contributed by atoms with Crippen molar-refractivity contribution >= 4 is 28.6 Å². The fourth-order valence-corrected chi connectivity index (χ4v) is 6.17. The molecule has 6 rings (SSSR count). The minimum atomic E-state index is -2.10. The van der Waals surface area contributed by atoms with Crippen molar-refractivity contribution in [3.63, 3.8) is 0 Å². The van der Waals surface area contributed by atoms with Crippen LogP contribution in [-0.4, -0.2) is 44.7 Å². The fourth-order valence-electron chi connectivity index (χ4n) is 6.17. The predicted molar refractivity (Wildman–Crippen MR) is 158 cm³/mol. The van der Waals surface area contributed by atoms with E-state index in [2.05, 4.69) is 9.48 Å². The molecule has 2 saturated heterocycles. The largest absolute Gasteiger partial charge is 0.545 e. The van der Waals surface area contributed by atoms with Crippen LogP contribution in [0.15, 0.2) is 40.8 Å². The highest BCUT2D eigenvalue weighted by Crippen LogP contribution is 2.48. The van der Waals surface area contributed by atoms with E-state index in [1.54, 1.807) is 64.1 Å². The lowest BCUT2D eigenvalue weighted by molar-refractivity contribution is -0.255. The molecule has 2 fully saturated rings. The van der Waals surface area contributed by atoms with E-state index in [-0.39, 0.29) is 12.2 Å². The molecular weight excluding hydrogens is 573 g/mol. The van der Waals surface area contributed by atoms with E-state index in [4.69, 9.17) is 9.15 Å². The lowest BCUT2D eigenvalue weighted by atomic mass is 9.74. The summed E-state index contributed by atoms with van der Waals surface area (Å²) in [5, 5.41) is 13.6. The van der Waals surface area contributed by atoms with Crippen LogP contribution in [0.3, 0.4) is 0 Å². The Kier molecular flexibility index (Phi) is 7.42. The van der Waals surface area contributed by atoms with Gasteiger partial charge in [-0.1, -0.05) is 20.8 Å². The van der Waals surface area contributed by atoms with Crippen molar-refractivity contribution in [1.29, 1.82) is 0 Å². The molecule has 10 heteroatoms. The van der Waals surface area contributed by atoms with E-state index in [1.165, 1.54) is 0 Å². The molecule has 0 saturated carbocycles. The van der Waals surface area contributed by atoms with Gasteiger partial charge in [0.1, 0.15) is 30.3 Å². The third kappa shape index (κ3) is 4.80. The topological polar surface area (TPSA) is 85.8 Å². The van der Waals surface area contributed by atoms with Gasteiger partial charge in [-0.05, 0) is 37.0 Å². The van der Waals surface area contributed by atoms with E-state index in [0.717, 1.165) is 50.1 Å². The second-order valence-electron chi connectivity index (χ2n) is 12.5. The Bertz CT molecular complexity index is 1860. The number of rotatable bonds is 6. The average Bonchev–Trinajstić information content (AvgIpc) is 2.89. The quantitative estimate of drug-likeness (QED) is 0.132.